The second-order valence-electron chi connectivity index (χ2n) is 6.55. The zero-order valence-electron chi connectivity index (χ0n) is 14.8. The monoisotopic (exact) mass is 374 g/mol. The minimum absolute atomic E-state index is 0.0305. The van der Waals surface area contributed by atoms with Crippen molar-refractivity contribution in [3.8, 4) is 0 Å². The fourth-order valence-corrected chi connectivity index (χ4v) is 3.65. The minimum atomic E-state index is -0.190. The van der Waals surface area contributed by atoms with Gasteiger partial charge in [0.05, 0.1) is 18.2 Å². The van der Waals surface area contributed by atoms with Crippen LogP contribution in [0.2, 0.25) is 5.02 Å². The van der Waals surface area contributed by atoms with E-state index >= 15 is 0 Å². The highest BCUT2D eigenvalue weighted by Gasteiger charge is 2.33. The largest absolute Gasteiger partial charge is 0.273 e. The molecule has 0 saturated heterocycles. The van der Waals surface area contributed by atoms with Crippen molar-refractivity contribution in [1.82, 2.24) is 5.01 Å². The average Bonchev–Trinajstić information content (AvgIpc) is 3.15. The van der Waals surface area contributed by atoms with Crippen LogP contribution in [0.15, 0.2) is 90.0 Å². The van der Waals surface area contributed by atoms with Gasteiger partial charge in [-0.05, 0) is 22.8 Å². The van der Waals surface area contributed by atoms with Crippen molar-refractivity contribution < 1.29 is 4.79 Å². The van der Waals surface area contributed by atoms with Crippen molar-refractivity contribution in [3.05, 3.63) is 107 Å². The van der Waals surface area contributed by atoms with Crippen molar-refractivity contribution in [3.63, 3.8) is 0 Å². The molecule has 1 unspecified atom stereocenters. The molecule has 0 fully saturated rings. The molecule has 134 valence electrons. The molecule has 27 heavy (non-hydrogen) atoms. The van der Waals surface area contributed by atoms with Crippen molar-refractivity contribution in [2.75, 3.05) is 0 Å². The van der Waals surface area contributed by atoms with Crippen LogP contribution >= 0.6 is 11.6 Å². The number of halogens is 1. The van der Waals surface area contributed by atoms with Gasteiger partial charge in [0.1, 0.15) is 0 Å². The van der Waals surface area contributed by atoms with E-state index in [2.05, 4.69) is 0 Å². The molecule has 1 aliphatic heterocycles. The summed E-state index contributed by atoms with van der Waals surface area (Å²) in [6.45, 7) is 0. The smallest absolute Gasteiger partial charge is 0.247 e. The van der Waals surface area contributed by atoms with Crippen LogP contribution in [0, 0.1) is 0 Å². The fraction of sp³-hybridized carbons (Fsp3) is 0.130. The highest BCUT2D eigenvalue weighted by Crippen LogP contribution is 2.36. The predicted molar refractivity (Wildman–Crippen MR) is 109 cm³/mol. The molecule has 1 heterocycles. The lowest BCUT2D eigenvalue weighted by Crippen LogP contribution is -2.28. The lowest BCUT2D eigenvalue weighted by Gasteiger charge is -2.23. The number of hydrogen-bond donors (Lipinski definition) is 0. The van der Waals surface area contributed by atoms with E-state index in [-0.39, 0.29) is 11.9 Å². The number of hydrogen-bond acceptors (Lipinski definition) is 2. The second kappa shape index (κ2) is 7.77. The maximum Gasteiger partial charge on any atom is 0.247 e. The van der Waals surface area contributed by atoms with Gasteiger partial charge >= 0.3 is 0 Å². The Kier molecular flexibility index (Phi) is 5.03. The van der Waals surface area contributed by atoms with Gasteiger partial charge in [-0.2, -0.15) is 5.10 Å². The van der Waals surface area contributed by atoms with Crippen molar-refractivity contribution in [1.29, 1.82) is 0 Å². The molecule has 0 spiro atoms. The third kappa shape index (κ3) is 3.79. The fourth-order valence-electron chi connectivity index (χ4n) is 3.38. The SMILES string of the molecule is O=C(Cc1ccccc1)N1N=C(c2ccccc2)CC1c1ccccc1Cl. The Bertz CT molecular complexity index is 970. The topological polar surface area (TPSA) is 32.7 Å². The van der Waals surface area contributed by atoms with E-state index in [9.17, 15) is 4.79 Å². The quantitative estimate of drug-likeness (QED) is 0.613. The molecule has 1 aliphatic rings. The number of carbonyl (C=O) groups is 1. The maximum atomic E-state index is 13.1. The summed E-state index contributed by atoms with van der Waals surface area (Å²) in [6.07, 6.45) is 0.960. The van der Waals surface area contributed by atoms with Gasteiger partial charge in [-0.1, -0.05) is 90.5 Å². The standard InChI is InChI=1S/C23H19ClN2O/c24-20-14-8-7-13-19(20)22-16-21(18-11-5-2-6-12-18)25-26(22)23(27)15-17-9-3-1-4-10-17/h1-14,22H,15-16H2. The van der Waals surface area contributed by atoms with Crippen molar-refractivity contribution in [2.45, 2.75) is 18.9 Å². The summed E-state index contributed by atoms with van der Waals surface area (Å²) in [5.41, 5.74) is 3.84. The van der Waals surface area contributed by atoms with E-state index in [0.29, 0.717) is 17.9 Å². The molecular formula is C23H19ClN2O. The highest BCUT2D eigenvalue weighted by atomic mass is 35.5. The van der Waals surface area contributed by atoms with Gasteiger partial charge in [-0.15, -0.1) is 0 Å². The number of hydrazone groups is 1. The first kappa shape index (κ1) is 17.5. The van der Waals surface area contributed by atoms with Gasteiger partial charge in [0.15, 0.2) is 0 Å². The third-order valence-electron chi connectivity index (χ3n) is 4.74. The average molecular weight is 375 g/mol. The first-order chi connectivity index (χ1) is 13.2. The van der Waals surface area contributed by atoms with Gasteiger partial charge < -0.3 is 0 Å². The van der Waals surface area contributed by atoms with Crippen LogP contribution in [-0.2, 0) is 11.2 Å². The van der Waals surface area contributed by atoms with Crippen LogP contribution in [-0.4, -0.2) is 16.6 Å². The molecular weight excluding hydrogens is 356 g/mol. The molecule has 0 aliphatic carbocycles. The summed E-state index contributed by atoms with van der Waals surface area (Å²) in [7, 11) is 0. The Balaban J connectivity index is 1.68. The molecule has 4 heteroatoms. The van der Waals surface area contributed by atoms with E-state index in [1.54, 1.807) is 5.01 Å². The summed E-state index contributed by atoms with van der Waals surface area (Å²) in [5.74, 6) is -0.0305. The molecule has 3 nitrogen and oxygen atoms in total. The number of carbonyl (C=O) groups excluding carboxylic acids is 1. The number of benzene rings is 3. The summed E-state index contributed by atoms with van der Waals surface area (Å²) < 4.78 is 0. The predicted octanol–water partition coefficient (Wildman–Crippen LogP) is 5.26. The molecule has 3 aromatic rings. The van der Waals surface area contributed by atoms with E-state index < -0.39 is 0 Å². The van der Waals surface area contributed by atoms with E-state index in [1.807, 2.05) is 84.9 Å². The first-order valence-corrected chi connectivity index (χ1v) is 9.33. The minimum Gasteiger partial charge on any atom is -0.273 e. The molecule has 0 bridgehead atoms. The first-order valence-electron chi connectivity index (χ1n) is 8.95. The summed E-state index contributed by atoms with van der Waals surface area (Å²) in [5, 5.41) is 6.96. The Morgan fingerprint density at radius 2 is 1.56 bits per heavy atom. The summed E-state index contributed by atoms with van der Waals surface area (Å²) in [4.78, 5) is 13.1. The highest BCUT2D eigenvalue weighted by molar-refractivity contribution is 6.31. The van der Waals surface area contributed by atoms with Crippen LogP contribution < -0.4 is 0 Å². The molecule has 0 aromatic heterocycles. The van der Waals surface area contributed by atoms with Gasteiger partial charge in [0, 0.05) is 11.4 Å². The van der Waals surface area contributed by atoms with E-state index in [0.717, 1.165) is 22.4 Å². The summed E-state index contributed by atoms with van der Waals surface area (Å²) >= 11 is 6.44. The Hall–Kier alpha value is -2.91. The van der Waals surface area contributed by atoms with Crippen LogP contribution in [0.5, 0.6) is 0 Å². The molecule has 3 aromatic carbocycles. The Morgan fingerprint density at radius 3 is 2.26 bits per heavy atom. The zero-order valence-corrected chi connectivity index (χ0v) is 15.5. The lowest BCUT2D eigenvalue weighted by molar-refractivity contribution is -0.132. The van der Waals surface area contributed by atoms with Gasteiger partial charge in [-0.25, -0.2) is 5.01 Å². The van der Waals surface area contributed by atoms with Crippen LogP contribution in [0.4, 0.5) is 0 Å². The van der Waals surface area contributed by atoms with Gasteiger partial charge in [0.2, 0.25) is 5.91 Å². The normalized spacial score (nSPS) is 16.3. The Morgan fingerprint density at radius 1 is 0.926 bits per heavy atom. The van der Waals surface area contributed by atoms with Gasteiger partial charge in [0.25, 0.3) is 0 Å². The van der Waals surface area contributed by atoms with Gasteiger partial charge in [-0.3, -0.25) is 4.79 Å². The molecule has 1 amide bonds. The summed E-state index contributed by atoms with van der Waals surface area (Å²) in [6, 6.07) is 27.2. The van der Waals surface area contributed by atoms with E-state index in [4.69, 9.17) is 16.7 Å². The number of amides is 1. The number of nitrogens with zero attached hydrogens (tertiary/aromatic N) is 2. The van der Waals surface area contributed by atoms with Crippen LogP contribution in [0.3, 0.4) is 0 Å². The molecule has 0 saturated carbocycles. The Labute approximate surface area is 163 Å². The second-order valence-corrected chi connectivity index (χ2v) is 6.96. The van der Waals surface area contributed by atoms with Crippen molar-refractivity contribution in [2.24, 2.45) is 5.10 Å². The van der Waals surface area contributed by atoms with Crippen LogP contribution in [0.1, 0.15) is 29.2 Å². The number of rotatable bonds is 4. The molecule has 0 N–H and O–H groups in total. The van der Waals surface area contributed by atoms with Crippen molar-refractivity contribution >= 4 is 23.2 Å². The van der Waals surface area contributed by atoms with E-state index in [1.165, 1.54) is 0 Å². The third-order valence-corrected chi connectivity index (χ3v) is 5.08. The van der Waals surface area contributed by atoms with Crippen LogP contribution in [0.25, 0.3) is 0 Å². The molecule has 0 radical (unpaired) electrons. The molecule has 1 atom stereocenters. The molecule has 4 rings (SSSR count). The zero-order chi connectivity index (χ0) is 18.6. The maximum absolute atomic E-state index is 13.1. The lowest BCUT2D eigenvalue weighted by atomic mass is 9.98.